The molecule has 0 spiro atoms. The highest BCUT2D eigenvalue weighted by atomic mass is 35.5. The standard InChI is InChI=1S/C16H30ClN3O/c1-4-6-7-8-9-10-15(18-5-2)16-14(17)13-19-20(16)11-12-21-3/h13,15,18H,4-12H2,1-3H3. The number of ether oxygens (including phenoxy) is 1. The molecule has 4 nitrogen and oxygen atoms in total. The molecule has 1 heterocycles. The van der Waals surface area contributed by atoms with Gasteiger partial charge in [-0.1, -0.05) is 57.6 Å². The summed E-state index contributed by atoms with van der Waals surface area (Å²) in [5, 5.41) is 8.68. The second kappa shape index (κ2) is 11.0. The van der Waals surface area contributed by atoms with Crippen molar-refractivity contribution in [2.45, 2.75) is 65.0 Å². The Kier molecular flexibility index (Phi) is 9.72. The van der Waals surface area contributed by atoms with Gasteiger partial charge in [0.1, 0.15) is 0 Å². The lowest BCUT2D eigenvalue weighted by atomic mass is 10.0. The summed E-state index contributed by atoms with van der Waals surface area (Å²) in [5.41, 5.74) is 1.10. The Hall–Kier alpha value is -0.580. The first-order valence-electron chi connectivity index (χ1n) is 8.18. The first kappa shape index (κ1) is 18.5. The number of methoxy groups -OCH3 is 1. The molecule has 1 aromatic rings. The summed E-state index contributed by atoms with van der Waals surface area (Å²) in [6, 6.07) is 0.281. The van der Waals surface area contributed by atoms with E-state index in [4.69, 9.17) is 16.3 Å². The molecule has 0 radical (unpaired) electrons. The fourth-order valence-corrected chi connectivity index (χ4v) is 2.88. The highest BCUT2D eigenvalue weighted by Crippen LogP contribution is 2.27. The zero-order valence-electron chi connectivity index (χ0n) is 13.7. The molecule has 1 atom stereocenters. The van der Waals surface area contributed by atoms with E-state index in [-0.39, 0.29) is 6.04 Å². The van der Waals surface area contributed by atoms with Crippen LogP contribution in [-0.4, -0.2) is 30.0 Å². The fraction of sp³-hybridized carbons (Fsp3) is 0.812. The maximum absolute atomic E-state index is 6.35. The average molecular weight is 316 g/mol. The average Bonchev–Trinajstić information content (AvgIpc) is 2.84. The third-order valence-electron chi connectivity index (χ3n) is 3.72. The SMILES string of the molecule is CCCCCCCC(NCC)c1c(Cl)cnn1CCOC. The summed E-state index contributed by atoms with van der Waals surface area (Å²) in [5.74, 6) is 0. The number of nitrogens with one attached hydrogen (secondary N) is 1. The van der Waals surface area contributed by atoms with Gasteiger partial charge in [0.2, 0.25) is 0 Å². The zero-order valence-corrected chi connectivity index (χ0v) is 14.5. The second-order valence-corrected chi connectivity index (χ2v) is 5.81. The molecule has 0 saturated heterocycles. The molecule has 5 heteroatoms. The summed E-state index contributed by atoms with van der Waals surface area (Å²) < 4.78 is 7.13. The van der Waals surface area contributed by atoms with Gasteiger partial charge in [0.25, 0.3) is 0 Å². The molecule has 1 aromatic heterocycles. The van der Waals surface area contributed by atoms with Gasteiger partial charge in [-0.3, -0.25) is 4.68 Å². The van der Waals surface area contributed by atoms with Crippen molar-refractivity contribution >= 4 is 11.6 Å². The van der Waals surface area contributed by atoms with Crippen LogP contribution in [0.5, 0.6) is 0 Å². The van der Waals surface area contributed by atoms with Gasteiger partial charge in [-0.2, -0.15) is 5.10 Å². The van der Waals surface area contributed by atoms with Crippen LogP contribution in [-0.2, 0) is 11.3 Å². The highest BCUT2D eigenvalue weighted by Gasteiger charge is 2.19. The van der Waals surface area contributed by atoms with Crippen LogP contribution in [0.4, 0.5) is 0 Å². The number of halogens is 1. The van der Waals surface area contributed by atoms with Gasteiger partial charge in [0.15, 0.2) is 0 Å². The van der Waals surface area contributed by atoms with Crippen LogP contribution in [0.25, 0.3) is 0 Å². The number of unbranched alkanes of at least 4 members (excludes halogenated alkanes) is 4. The van der Waals surface area contributed by atoms with Gasteiger partial charge < -0.3 is 10.1 Å². The van der Waals surface area contributed by atoms with Crippen molar-refractivity contribution in [2.24, 2.45) is 0 Å². The summed E-state index contributed by atoms with van der Waals surface area (Å²) in [7, 11) is 1.71. The lowest BCUT2D eigenvalue weighted by Crippen LogP contribution is -2.25. The van der Waals surface area contributed by atoms with Crippen LogP contribution in [0, 0.1) is 0 Å². The van der Waals surface area contributed by atoms with E-state index in [0.717, 1.165) is 30.2 Å². The summed E-state index contributed by atoms with van der Waals surface area (Å²) in [6.45, 7) is 6.71. The van der Waals surface area contributed by atoms with E-state index in [0.29, 0.717) is 6.61 Å². The lowest BCUT2D eigenvalue weighted by Gasteiger charge is -2.20. The van der Waals surface area contributed by atoms with Crippen molar-refractivity contribution in [3.8, 4) is 0 Å². The van der Waals surface area contributed by atoms with Gasteiger partial charge in [-0.15, -0.1) is 0 Å². The third kappa shape index (κ3) is 6.37. The van der Waals surface area contributed by atoms with E-state index < -0.39 is 0 Å². The van der Waals surface area contributed by atoms with Crippen molar-refractivity contribution in [1.29, 1.82) is 0 Å². The Balaban J connectivity index is 2.63. The Morgan fingerprint density at radius 3 is 2.71 bits per heavy atom. The maximum atomic E-state index is 6.35. The van der Waals surface area contributed by atoms with Gasteiger partial charge in [-0.25, -0.2) is 0 Å². The van der Waals surface area contributed by atoms with Gasteiger partial charge >= 0.3 is 0 Å². The lowest BCUT2D eigenvalue weighted by molar-refractivity contribution is 0.181. The first-order chi connectivity index (χ1) is 10.2. The Labute approximate surface area is 134 Å². The molecule has 0 bridgehead atoms. The predicted molar refractivity (Wildman–Crippen MR) is 88.9 cm³/mol. The Bertz CT molecular complexity index is 382. The quantitative estimate of drug-likeness (QED) is 0.588. The summed E-state index contributed by atoms with van der Waals surface area (Å²) in [4.78, 5) is 0. The smallest absolute Gasteiger partial charge is 0.0834 e. The van der Waals surface area contributed by atoms with Crippen LogP contribution >= 0.6 is 11.6 Å². The minimum Gasteiger partial charge on any atom is -0.383 e. The molecule has 0 aliphatic carbocycles. The number of rotatable bonds is 12. The van der Waals surface area contributed by atoms with Crippen molar-refractivity contribution in [3.63, 3.8) is 0 Å². The molecule has 0 aliphatic heterocycles. The molecular formula is C16H30ClN3O. The summed E-state index contributed by atoms with van der Waals surface area (Å²) in [6.07, 6.45) is 9.31. The maximum Gasteiger partial charge on any atom is 0.0834 e. The van der Waals surface area contributed by atoms with Crippen LogP contribution in [0.1, 0.15) is 64.1 Å². The van der Waals surface area contributed by atoms with E-state index in [1.54, 1.807) is 13.3 Å². The minimum absolute atomic E-state index is 0.281. The molecule has 21 heavy (non-hydrogen) atoms. The molecule has 0 saturated carbocycles. The largest absolute Gasteiger partial charge is 0.383 e. The molecule has 1 rings (SSSR count). The third-order valence-corrected chi connectivity index (χ3v) is 4.01. The molecule has 0 fully saturated rings. The molecule has 122 valence electrons. The van der Waals surface area contributed by atoms with Crippen molar-refractivity contribution in [2.75, 3.05) is 20.3 Å². The van der Waals surface area contributed by atoms with E-state index >= 15 is 0 Å². The Morgan fingerprint density at radius 2 is 2.05 bits per heavy atom. The van der Waals surface area contributed by atoms with Crippen LogP contribution in [0.15, 0.2) is 6.20 Å². The van der Waals surface area contributed by atoms with E-state index in [2.05, 4.69) is 24.3 Å². The van der Waals surface area contributed by atoms with Crippen LogP contribution in [0.3, 0.4) is 0 Å². The minimum atomic E-state index is 0.281. The monoisotopic (exact) mass is 315 g/mol. The fourth-order valence-electron chi connectivity index (χ4n) is 2.61. The van der Waals surface area contributed by atoms with Gasteiger partial charge in [0.05, 0.1) is 36.1 Å². The van der Waals surface area contributed by atoms with Crippen molar-refractivity contribution in [1.82, 2.24) is 15.1 Å². The van der Waals surface area contributed by atoms with Gasteiger partial charge in [-0.05, 0) is 13.0 Å². The molecular weight excluding hydrogens is 286 g/mol. The van der Waals surface area contributed by atoms with Crippen molar-refractivity contribution in [3.05, 3.63) is 16.9 Å². The molecule has 0 amide bonds. The van der Waals surface area contributed by atoms with E-state index in [1.807, 2.05) is 4.68 Å². The van der Waals surface area contributed by atoms with Gasteiger partial charge in [0, 0.05) is 7.11 Å². The zero-order chi connectivity index (χ0) is 15.5. The number of hydrogen-bond acceptors (Lipinski definition) is 3. The topological polar surface area (TPSA) is 39.1 Å². The first-order valence-corrected chi connectivity index (χ1v) is 8.55. The number of aromatic nitrogens is 2. The molecule has 1 unspecified atom stereocenters. The summed E-state index contributed by atoms with van der Waals surface area (Å²) >= 11 is 6.35. The van der Waals surface area contributed by atoms with Crippen LogP contribution < -0.4 is 5.32 Å². The van der Waals surface area contributed by atoms with Crippen molar-refractivity contribution < 1.29 is 4.74 Å². The molecule has 0 aliphatic rings. The second-order valence-electron chi connectivity index (χ2n) is 5.41. The Morgan fingerprint density at radius 1 is 1.29 bits per heavy atom. The molecule has 1 N–H and O–H groups in total. The van der Waals surface area contributed by atoms with E-state index in [9.17, 15) is 0 Å². The number of nitrogens with zero attached hydrogens (tertiary/aromatic N) is 2. The van der Waals surface area contributed by atoms with Crippen LogP contribution in [0.2, 0.25) is 5.02 Å². The number of hydrogen-bond donors (Lipinski definition) is 1. The molecule has 0 aromatic carbocycles. The predicted octanol–water partition coefficient (Wildman–Crippen LogP) is 4.19. The van der Waals surface area contributed by atoms with E-state index in [1.165, 1.54) is 32.1 Å². The highest BCUT2D eigenvalue weighted by molar-refractivity contribution is 6.31. The normalized spacial score (nSPS) is 12.8.